The van der Waals surface area contributed by atoms with E-state index < -0.39 is 0 Å². The van der Waals surface area contributed by atoms with Crippen molar-refractivity contribution in [3.05, 3.63) is 58.9 Å². The number of amides is 1. The van der Waals surface area contributed by atoms with Gasteiger partial charge in [0.05, 0.1) is 12.1 Å². The molecule has 2 aromatic rings. The smallest absolute Gasteiger partial charge is 0.224 e. The van der Waals surface area contributed by atoms with Crippen LogP contribution in [0.3, 0.4) is 0 Å². The van der Waals surface area contributed by atoms with Crippen LogP contribution in [0.4, 0.5) is 10.1 Å². The van der Waals surface area contributed by atoms with Crippen LogP contribution >= 0.6 is 11.6 Å². The van der Waals surface area contributed by atoms with Crippen LogP contribution in [-0.2, 0) is 11.2 Å². The molecule has 5 heteroatoms. The van der Waals surface area contributed by atoms with E-state index >= 15 is 0 Å². The van der Waals surface area contributed by atoms with Gasteiger partial charge in [0.1, 0.15) is 11.6 Å². The van der Waals surface area contributed by atoms with E-state index in [4.69, 9.17) is 16.3 Å². The molecule has 0 bridgehead atoms. The summed E-state index contributed by atoms with van der Waals surface area (Å²) in [6.07, 6.45) is 0.866. The SMILES string of the molecule is COc1ccc(NC(=O)CCc2ccc(F)cc2)cc1Cl. The molecule has 0 saturated heterocycles. The van der Waals surface area contributed by atoms with Crippen LogP contribution in [0, 0.1) is 5.82 Å². The van der Waals surface area contributed by atoms with Crippen LogP contribution in [0.2, 0.25) is 5.02 Å². The summed E-state index contributed by atoms with van der Waals surface area (Å²) in [5.74, 6) is 0.151. The maximum absolute atomic E-state index is 12.8. The van der Waals surface area contributed by atoms with Gasteiger partial charge in [-0.05, 0) is 42.3 Å². The second kappa shape index (κ2) is 7.09. The highest BCUT2D eigenvalue weighted by molar-refractivity contribution is 6.32. The highest BCUT2D eigenvalue weighted by atomic mass is 35.5. The molecule has 2 rings (SSSR count). The van der Waals surface area contributed by atoms with Gasteiger partial charge in [0.25, 0.3) is 0 Å². The van der Waals surface area contributed by atoms with Gasteiger partial charge in [-0.1, -0.05) is 23.7 Å². The van der Waals surface area contributed by atoms with Crippen molar-refractivity contribution in [3.63, 3.8) is 0 Å². The van der Waals surface area contributed by atoms with Crippen LogP contribution in [0.25, 0.3) is 0 Å². The lowest BCUT2D eigenvalue weighted by Crippen LogP contribution is -2.12. The molecular weight excluding hydrogens is 293 g/mol. The van der Waals surface area contributed by atoms with Gasteiger partial charge in [0, 0.05) is 12.1 Å². The summed E-state index contributed by atoms with van der Waals surface area (Å²) in [6.45, 7) is 0. The largest absolute Gasteiger partial charge is 0.495 e. The Morgan fingerprint density at radius 2 is 1.95 bits per heavy atom. The summed E-state index contributed by atoms with van der Waals surface area (Å²) >= 11 is 5.99. The lowest BCUT2D eigenvalue weighted by molar-refractivity contribution is -0.116. The van der Waals surface area contributed by atoms with Crippen LogP contribution in [0.15, 0.2) is 42.5 Å². The van der Waals surface area contributed by atoms with Crippen molar-refractivity contribution in [3.8, 4) is 5.75 Å². The third-order valence-corrected chi connectivity index (χ3v) is 3.28. The van der Waals surface area contributed by atoms with Crippen molar-refractivity contribution in [2.45, 2.75) is 12.8 Å². The Morgan fingerprint density at radius 3 is 2.57 bits per heavy atom. The Balaban J connectivity index is 1.89. The predicted molar refractivity (Wildman–Crippen MR) is 81.4 cm³/mol. The molecule has 0 fully saturated rings. The molecule has 0 heterocycles. The van der Waals surface area contributed by atoms with E-state index in [-0.39, 0.29) is 11.7 Å². The topological polar surface area (TPSA) is 38.3 Å². The van der Waals surface area contributed by atoms with Gasteiger partial charge in [-0.3, -0.25) is 4.79 Å². The quantitative estimate of drug-likeness (QED) is 0.904. The average molecular weight is 308 g/mol. The minimum atomic E-state index is -0.281. The molecule has 0 radical (unpaired) electrons. The third-order valence-electron chi connectivity index (χ3n) is 2.99. The van der Waals surface area contributed by atoms with Gasteiger partial charge in [0.2, 0.25) is 5.91 Å². The predicted octanol–water partition coefficient (Wildman–Crippen LogP) is 4.06. The number of aryl methyl sites for hydroxylation is 1. The zero-order valence-corrected chi connectivity index (χ0v) is 12.3. The van der Waals surface area contributed by atoms with E-state index in [0.717, 1.165) is 5.56 Å². The van der Waals surface area contributed by atoms with Crippen LogP contribution in [-0.4, -0.2) is 13.0 Å². The maximum atomic E-state index is 12.8. The number of methoxy groups -OCH3 is 1. The summed E-state index contributed by atoms with van der Waals surface area (Å²) in [6, 6.07) is 11.2. The van der Waals surface area contributed by atoms with Gasteiger partial charge >= 0.3 is 0 Å². The second-order valence-electron chi connectivity index (χ2n) is 4.52. The standard InChI is InChI=1S/C16H15ClFNO2/c1-21-15-8-7-13(10-14(15)17)19-16(20)9-4-11-2-5-12(18)6-3-11/h2-3,5-8,10H,4,9H2,1H3,(H,19,20). The van der Waals surface area contributed by atoms with Gasteiger partial charge in [-0.25, -0.2) is 4.39 Å². The van der Waals surface area contributed by atoms with Crippen LogP contribution in [0.1, 0.15) is 12.0 Å². The number of hydrogen-bond donors (Lipinski definition) is 1. The fourth-order valence-corrected chi connectivity index (χ4v) is 2.13. The monoisotopic (exact) mass is 307 g/mol. The minimum absolute atomic E-state index is 0.124. The van der Waals surface area contributed by atoms with Crippen molar-refractivity contribution in [2.75, 3.05) is 12.4 Å². The molecular formula is C16H15ClFNO2. The lowest BCUT2D eigenvalue weighted by Gasteiger charge is -2.08. The molecule has 0 atom stereocenters. The molecule has 1 amide bonds. The van der Waals surface area contributed by atoms with Gasteiger partial charge < -0.3 is 10.1 Å². The van der Waals surface area contributed by atoms with E-state index in [1.165, 1.54) is 19.2 Å². The molecule has 0 aromatic heterocycles. The summed E-state index contributed by atoms with van der Waals surface area (Å²) in [5.41, 5.74) is 1.53. The Kier molecular flexibility index (Phi) is 5.17. The van der Waals surface area contributed by atoms with Crippen molar-refractivity contribution in [2.24, 2.45) is 0 Å². The van der Waals surface area contributed by atoms with E-state index in [9.17, 15) is 9.18 Å². The molecule has 0 aliphatic carbocycles. The number of nitrogens with one attached hydrogen (secondary N) is 1. The number of rotatable bonds is 5. The van der Waals surface area contributed by atoms with Gasteiger partial charge in [-0.15, -0.1) is 0 Å². The number of anilines is 1. The first kappa shape index (κ1) is 15.3. The molecule has 0 aliphatic heterocycles. The first-order valence-electron chi connectivity index (χ1n) is 6.46. The zero-order chi connectivity index (χ0) is 15.2. The molecule has 3 nitrogen and oxygen atoms in total. The second-order valence-corrected chi connectivity index (χ2v) is 4.93. The minimum Gasteiger partial charge on any atom is -0.495 e. The summed E-state index contributed by atoms with van der Waals surface area (Å²) in [7, 11) is 1.53. The van der Waals surface area contributed by atoms with Gasteiger partial charge in [0.15, 0.2) is 0 Å². The van der Waals surface area contributed by atoms with Crippen LogP contribution in [0.5, 0.6) is 5.75 Å². The molecule has 0 spiro atoms. The third kappa shape index (κ3) is 4.46. The van der Waals surface area contributed by atoms with Crippen molar-refractivity contribution in [1.29, 1.82) is 0 Å². The number of benzene rings is 2. The number of carbonyl (C=O) groups excluding carboxylic acids is 1. The Bertz CT molecular complexity index is 629. The summed E-state index contributed by atoms with van der Waals surface area (Å²) in [5, 5.41) is 3.20. The Morgan fingerprint density at radius 1 is 1.24 bits per heavy atom. The average Bonchev–Trinajstić information content (AvgIpc) is 2.47. The Labute approximate surface area is 127 Å². The molecule has 0 saturated carbocycles. The fourth-order valence-electron chi connectivity index (χ4n) is 1.88. The fraction of sp³-hybridized carbons (Fsp3) is 0.188. The number of halogens is 2. The van der Waals surface area contributed by atoms with Gasteiger partial charge in [-0.2, -0.15) is 0 Å². The lowest BCUT2D eigenvalue weighted by atomic mass is 10.1. The molecule has 0 aliphatic rings. The van der Waals surface area contributed by atoms with E-state index in [1.807, 2.05) is 0 Å². The van der Waals surface area contributed by atoms with Crippen molar-refractivity contribution >= 4 is 23.2 Å². The molecule has 0 unspecified atom stereocenters. The van der Waals surface area contributed by atoms with E-state index in [2.05, 4.69) is 5.32 Å². The van der Waals surface area contributed by atoms with Crippen LogP contribution < -0.4 is 10.1 Å². The number of ether oxygens (including phenoxy) is 1. The maximum Gasteiger partial charge on any atom is 0.224 e. The number of carbonyl (C=O) groups is 1. The number of hydrogen-bond acceptors (Lipinski definition) is 2. The highest BCUT2D eigenvalue weighted by Gasteiger charge is 2.06. The van der Waals surface area contributed by atoms with Crippen molar-refractivity contribution in [1.82, 2.24) is 0 Å². The van der Waals surface area contributed by atoms with Crippen molar-refractivity contribution < 1.29 is 13.9 Å². The Hall–Kier alpha value is -2.07. The zero-order valence-electron chi connectivity index (χ0n) is 11.5. The normalized spacial score (nSPS) is 10.2. The molecule has 21 heavy (non-hydrogen) atoms. The highest BCUT2D eigenvalue weighted by Crippen LogP contribution is 2.27. The first-order valence-corrected chi connectivity index (χ1v) is 6.84. The molecule has 110 valence electrons. The summed E-state index contributed by atoms with van der Waals surface area (Å²) < 4.78 is 17.8. The summed E-state index contributed by atoms with van der Waals surface area (Å²) in [4.78, 5) is 11.9. The van der Waals surface area contributed by atoms with E-state index in [0.29, 0.717) is 29.3 Å². The molecule has 2 aromatic carbocycles. The van der Waals surface area contributed by atoms with E-state index in [1.54, 1.807) is 30.3 Å². The molecule has 1 N–H and O–H groups in total. The first-order chi connectivity index (χ1) is 10.1.